The molecule has 216 valence electrons. The number of aliphatic imine (C=N–C) groups is 2. The van der Waals surface area contributed by atoms with E-state index in [0.717, 1.165) is 0 Å². The van der Waals surface area contributed by atoms with E-state index < -0.39 is 66.9 Å². The topological polar surface area (TPSA) is 337 Å². The number of hydrogen-bond donors (Lipinski definition) is 11. The largest absolute Gasteiger partial charge is 0.481 e. The lowest BCUT2D eigenvalue weighted by molar-refractivity contribution is -0.142. The predicted octanol–water partition coefficient (Wildman–Crippen LogP) is -5.18. The lowest BCUT2D eigenvalue weighted by atomic mass is 10.1. The molecule has 0 aliphatic rings. The molecule has 0 heterocycles. The molecule has 0 bridgehead atoms. The fourth-order valence-electron chi connectivity index (χ4n) is 2.97. The Balaban J connectivity index is 5.23. The number of guanidine groups is 2. The van der Waals surface area contributed by atoms with Crippen LogP contribution in [-0.4, -0.2) is 101 Å². The molecule has 4 unspecified atom stereocenters. The summed E-state index contributed by atoms with van der Waals surface area (Å²) in [6, 6.07) is -5.46. The number of carbonyl (C=O) groups excluding carboxylic acids is 3. The standard InChI is InChI=1S/C20H38N10O8/c21-10(3-1-7-26-19(22)23)15(34)28-11(5-6-14(32)33)16(35)30-13(9-31)17(36)29-12(18(37)38)4-2-8-27-20(24)25/h10-13,31H,1-9,21H2,(H,28,34)(H,29,36)(H,30,35)(H,32,33)(H,37,38)(H4,22,23,26)(H4,24,25,27). The van der Waals surface area contributed by atoms with E-state index >= 15 is 0 Å². The molecule has 0 spiro atoms. The molecule has 3 amide bonds. The Hall–Kier alpha value is -4.19. The Labute approximate surface area is 218 Å². The van der Waals surface area contributed by atoms with Crippen LogP contribution in [0.15, 0.2) is 9.98 Å². The fourth-order valence-corrected chi connectivity index (χ4v) is 2.97. The average molecular weight is 547 g/mol. The molecule has 18 nitrogen and oxygen atoms in total. The van der Waals surface area contributed by atoms with Gasteiger partial charge in [0.1, 0.15) is 18.1 Å². The molecule has 0 rings (SSSR count). The number of nitrogens with zero attached hydrogens (tertiary/aromatic N) is 2. The lowest BCUT2D eigenvalue weighted by Crippen LogP contribution is -2.58. The van der Waals surface area contributed by atoms with Gasteiger partial charge in [0.2, 0.25) is 17.7 Å². The quantitative estimate of drug-likeness (QED) is 0.0410. The van der Waals surface area contributed by atoms with Crippen LogP contribution in [0.4, 0.5) is 0 Å². The van der Waals surface area contributed by atoms with Crippen LogP contribution >= 0.6 is 0 Å². The number of aliphatic hydroxyl groups is 1. The summed E-state index contributed by atoms with van der Waals surface area (Å²) in [5, 5.41) is 34.6. The summed E-state index contributed by atoms with van der Waals surface area (Å²) in [5.41, 5.74) is 26.6. The van der Waals surface area contributed by atoms with Gasteiger partial charge in [-0.3, -0.25) is 29.2 Å². The van der Waals surface area contributed by atoms with Gasteiger partial charge in [-0.25, -0.2) is 4.79 Å². The highest BCUT2D eigenvalue weighted by molar-refractivity contribution is 5.94. The number of carbonyl (C=O) groups is 5. The van der Waals surface area contributed by atoms with E-state index in [1.54, 1.807) is 0 Å². The van der Waals surface area contributed by atoms with Crippen LogP contribution in [-0.2, 0) is 24.0 Å². The monoisotopic (exact) mass is 546 g/mol. The third kappa shape index (κ3) is 15.0. The summed E-state index contributed by atoms with van der Waals surface area (Å²) in [6.07, 6.45) is -0.205. The second-order valence-electron chi connectivity index (χ2n) is 8.14. The molecule has 0 aromatic carbocycles. The van der Waals surface area contributed by atoms with Gasteiger partial charge in [0.25, 0.3) is 0 Å². The zero-order valence-corrected chi connectivity index (χ0v) is 20.8. The molecule has 0 radical (unpaired) electrons. The molecule has 0 aliphatic heterocycles. The van der Waals surface area contributed by atoms with Gasteiger partial charge in [0.15, 0.2) is 11.9 Å². The van der Waals surface area contributed by atoms with Crippen molar-refractivity contribution in [2.24, 2.45) is 38.7 Å². The van der Waals surface area contributed by atoms with Gasteiger partial charge in [-0.1, -0.05) is 0 Å². The van der Waals surface area contributed by atoms with Crippen molar-refractivity contribution in [1.29, 1.82) is 0 Å². The van der Waals surface area contributed by atoms with Crippen molar-refractivity contribution in [3.63, 3.8) is 0 Å². The zero-order chi connectivity index (χ0) is 29.3. The van der Waals surface area contributed by atoms with Crippen LogP contribution in [0.25, 0.3) is 0 Å². The Morgan fingerprint density at radius 2 is 1.16 bits per heavy atom. The summed E-state index contributed by atoms with van der Waals surface area (Å²) in [4.78, 5) is 67.7. The smallest absolute Gasteiger partial charge is 0.326 e. The van der Waals surface area contributed by atoms with Gasteiger partial charge in [0.05, 0.1) is 12.6 Å². The van der Waals surface area contributed by atoms with E-state index in [2.05, 4.69) is 25.9 Å². The minimum Gasteiger partial charge on any atom is -0.481 e. The fraction of sp³-hybridized carbons (Fsp3) is 0.650. The lowest BCUT2D eigenvalue weighted by Gasteiger charge is -2.24. The molecule has 0 saturated heterocycles. The number of amides is 3. The number of hydrogen-bond acceptors (Lipinski definition) is 9. The first kappa shape index (κ1) is 33.8. The van der Waals surface area contributed by atoms with Crippen molar-refractivity contribution in [3.05, 3.63) is 0 Å². The number of rotatable bonds is 19. The van der Waals surface area contributed by atoms with Crippen molar-refractivity contribution in [2.45, 2.75) is 62.7 Å². The van der Waals surface area contributed by atoms with Crippen molar-refractivity contribution in [2.75, 3.05) is 19.7 Å². The van der Waals surface area contributed by atoms with Gasteiger partial charge >= 0.3 is 11.9 Å². The van der Waals surface area contributed by atoms with Gasteiger partial charge in [-0.05, 0) is 32.1 Å². The molecule has 0 aromatic heterocycles. The van der Waals surface area contributed by atoms with Gasteiger partial charge in [-0.15, -0.1) is 0 Å². The first-order chi connectivity index (χ1) is 17.8. The normalized spacial score (nSPS) is 13.6. The highest BCUT2D eigenvalue weighted by atomic mass is 16.4. The third-order valence-electron chi connectivity index (χ3n) is 4.96. The minimum atomic E-state index is -1.60. The number of carboxylic acid groups (broad SMARTS) is 2. The van der Waals surface area contributed by atoms with Crippen molar-refractivity contribution >= 4 is 41.6 Å². The SMILES string of the molecule is NC(N)=NCCCC(N)C(=O)NC(CCC(=O)O)C(=O)NC(CO)C(=O)NC(CCCN=C(N)N)C(=O)O. The summed E-state index contributed by atoms with van der Waals surface area (Å²) >= 11 is 0. The van der Waals surface area contributed by atoms with E-state index in [1.807, 2.05) is 0 Å². The van der Waals surface area contributed by atoms with Crippen LogP contribution in [0.1, 0.15) is 38.5 Å². The summed E-state index contributed by atoms with van der Waals surface area (Å²) in [7, 11) is 0. The number of nitrogens with two attached hydrogens (primary N) is 5. The number of aliphatic hydroxyl groups excluding tert-OH is 1. The van der Waals surface area contributed by atoms with E-state index in [-0.39, 0.29) is 50.7 Å². The maximum Gasteiger partial charge on any atom is 0.326 e. The second-order valence-corrected chi connectivity index (χ2v) is 8.14. The summed E-state index contributed by atoms with van der Waals surface area (Å²) < 4.78 is 0. The van der Waals surface area contributed by atoms with E-state index in [9.17, 15) is 34.2 Å². The molecule has 16 N–H and O–H groups in total. The van der Waals surface area contributed by atoms with Crippen molar-refractivity contribution in [3.8, 4) is 0 Å². The van der Waals surface area contributed by atoms with Crippen LogP contribution in [0.2, 0.25) is 0 Å². The number of nitrogens with one attached hydrogen (secondary N) is 3. The molecule has 0 aromatic rings. The zero-order valence-electron chi connectivity index (χ0n) is 20.8. The Kier molecular flexibility index (Phi) is 16.1. The first-order valence-corrected chi connectivity index (χ1v) is 11.6. The second kappa shape index (κ2) is 18.1. The maximum atomic E-state index is 12.8. The minimum absolute atomic E-state index is 0.0533. The highest BCUT2D eigenvalue weighted by Crippen LogP contribution is 2.04. The van der Waals surface area contributed by atoms with E-state index in [4.69, 9.17) is 33.8 Å². The Morgan fingerprint density at radius 3 is 1.63 bits per heavy atom. The van der Waals surface area contributed by atoms with E-state index in [0.29, 0.717) is 6.42 Å². The van der Waals surface area contributed by atoms with Gasteiger partial charge in [0, 0.05) is 19.5 Å². The first-order valence-electron chi connectivity index (χ1n) is 11.6. The van der Waals surface area contributed by atoms with Crippen LogP contribution in [0.3, 0.4) is 0 Å². The van der Waals surface area contributed by atoms with Gasteiger partial charge < -0.3 is 59.9 Å². The number of carboxylic acids is 2. The maximum absolute atomic E-state index is 12.8. The molecule has 0 aliphatic carbocycles. The Morgan fingerprint density at radius 1 is 0.684 bits per heavy atom. The molecule has 0 saturated carbocycles. The van der Waals surface area contributed by atoms with Crippen LogP contribution < -0.4 is 44.6 Å². The third-order valence-corrected chi connectivity index (χ3v) is 4.96. The average Bonchev–Trinajstić information content (AvgIpc) is 2.83. The molecular weight excluding hydrogens is 508 g/mol. The van der Waals surface area contributed by atoms with Crippen molar-refractivity contribution < 1.29 is 39.3 Å². The summed E-state index contributed by atoms with van der Waals surface area (Å²) in [5.74, 6) is -5.70. The molecule has 0 fully saturated rings. The predicted molar refractivity (Wildman–Crippen MR) is 135 cm³/mol. The Bertz CT molecular complexity index is 874. The van der Waals surface area contributed by atoms with Crippen molar-refractivity contribution in [1.82, 2.24) is 16.0 Å². The van der Waals surface area contributed by atoms with Crippen LogP contribution in [0, 0.1) is 0 Å². The van der Waals surface area contributed by atoms with Crippen LogP contribution in [0.5, 0.6) is 0 Å². The van der Waals surface area contributed by atoms with Gasteiger partial charge in [-0.2, -0.15) is 0 Å². The number of aliphatic carboxylic acids is 2. The molecule has 4 atom stereocenters. The van der Waals surface area contributed by atoms with E-state index in [1.165, 1.54) is 0 Å². The molecular formula is C20H38N10O8. The molecule has 38 heavy (non-hydrogen) atoms. The summed E-state index contributed by atoms with van der Waals surface area (Å²) in [6.45, 7) is -0.587. The highest BCUT2D eigenvalue weighted by Gasteiger charge is 2.30. The molecule has 18 heteroatoms.